The van der Waals surface area contributed by atoms with Crippen molar-refractivity contribution in [3.63, 3.8) is 0 Å². The predicted molar refractivity (Wildman–Crippen MR) is 128 cm³/mol. The van der Waals surface area contributed by atoms with Gasteiger partial charge in [0.1, 0.15) is 6.04 Å². The van der Waals surface area contributed by atoms with E-state index in [-0.39, 0.29) is 5.91 Å². The van der Waals surface area contributed by atoms with Gasteiger partial charge >= 0.3 is 0 Å². The van der Waals surface area contributed by atoms with Crippen molar-refractivity contribution >= 4 is 38.9 Å². The Hall–Kier alpha value is -2.25. The third kappa shape index (κ3) is 5.15. The van der Waals surface area contributed by atoms with Gasteiger partial charge < -0.3 is 9.80 Å². The molecule has 0 N–H and O–H groups in total. The number of benzene rings is 2. The van der Waals surface area contributed by atoms with E-state index in [1.165, 1.54) is 21.1 Å². The molecule has 1 heterocycles. The van der Waals surface area contributed by atoms with Crippen LogP contribution in [0.1, 0.15) is 24.5 Å². The first-order chi connectivity index (χ1) is 14.6. The summed E-state index contributed by atoms with van der Waals surface area (Å²) in [7, 11) is -3.68. The van der Waals surface area contributed by atoms with Crippen molar-refractivity contribution in [1.29, 1.82) is 0 Å². The number of carbonyl (C=O) groups is 1. The summed E-state index contributed by atoms with van der Waals surface area (Å²) >= 11 is 6.09. The fourth-order valence-electron chi connectivity index (χ4n) is 4.11. The molecule has 0 saturated carbocycles. The molecule has 2 aromatic carbocycles. The van der Waals surface area contributed by atoms with E-state index in [0.29, 0.717) is 43.3 Å². The van der Waals surface area contributed by atoms with E-state index in [2.05, 4.69) is 36.9 Å². The highest BCUT2D eigenvalue weighted by atomic mass is 35.5. The van der Waals surface area contributed by atoms with Crippen LogP contribution in [-0.2, 0) is 14.8 Å². The van der Waals surface area contributed by atoms with E-state index in [1.54, 1.807) is 29.2 Å². The fourth-order valence-corrected chi connectivity index (χ4v) is 5.50. The molecule has 0 spiro atoms. The van der Waals surface area contributed by atoms with Crippen LogP contribution in [0.4, 0.5) is 11.4 Å². The van der Waals surface area contributed by atoms with Gasteiger partial charge in [0, 0.05) is 36.9 Å². The van der Waals surface area contributed by atoms with Gasteiger partial charge in [0.15, 0.2) is 0 Å². The second-order valence-electron chi connectivity index (χ2n) is 7.99. The molecule has 8 heteroatoms. The second kappa shape index (κ2) is 9.49. The quantitative estimate of drug-likeness (QED) is 0.652. The van der Waals surface area contributed by atoms with Gasteiger partial charge in [0.25, 0.3) is 0 Å². The molecule has 168 valence electrons. The van der Waals surface area contributed by atoms with Crippen LogP contribution in [0.15, 0.2) is 42.5 Å². The van der Waals surface area contributed by atoms with Crippen molar-refractivity contribution < 1.29 is 13.2 Å². The van der Waals surface area contributed by atoms with Gasteiger partial charge in [-0.3, -0.25) is 9.10 Å². The van der Waals surface area contributed by atoms with Gasteiger partial charge in [-0.15, -0.1) is 0 Å². The predicted octanol–water partition coefficient (Wildman–Crippen LogP) is 3.85. The molecule has 0 unspecified atom stereocenters. The Bertz CT molecular complexity index is 1050. The Morgan fingerprint density at radius 1 is 1.10 bits per heavy atom. The largest absolute Gasteiger partial charge is 0.368 e. The first kappa shape index (κ1) is 23.4. The SMILES string of the molecule is CC[C@@H](C(=O)N1CCN(c2cccc(C)c2C)CC1)N(c1cccc(Cl)c1)S(C)(=O)=O. The van der Waals surface area contributed by atoms with Crippen LogP contribution in [0, 0.1) is 13.8 Å². The number of nitrogens with zero attached hydrogens (tertiary/aromatic N) is 3. The Morgan fingerprint density at radius 3 is 2.32 bits per heavy atom. The topological polar surface area (TPSA) is 60.9 Å². The number of amides is 1. The molecule has 0 bridgehead atoms. The van der Waals surface area contributed by atoms with Crippen LogP contribution < -0.4 is 9.21 Å². The highest BCUT2D eigenvalue weighted by Crippen LogP contribution is 2.28. The molecule has 0 aromatic heterocycles. The molecule has 3 rings (SSSR count). The monoisotopic (exact) mass is 463 g/mol. The minimum absolute atomic E-state index is 0.173. The molecular weight excluding hydrogens is 434 g/mol. The molecule has 1 atom stereocenters. The molecule has 1 saturated heterocycles. The average Bonchev–Trinajstić information content (AvgIpc) is 2.72. The number of carbonyl (C=O) groups excluding carboxylic acids is 1. The maximum atomic E-state index is 13.4. The molecule has 0 aliphatic carbocycles. The first-order valence-electron chi connectivity index (χ1n) is 10.5. The molecule has 2 aromatic rings. The fraction of sp³-hybridized carbons (Fsp3) is 0.435. The Morgan fingerprint density at radius 2 is 1.74 bits per heavy atom. The van der Waals surface area contributed by atoms with Crippen molar-refractivity contribution in [3.8, 4) is 0 Å². The van der Waals surface area contributed by atoms with Crippen LogP contribution in [0.2, 0.25) is 5.02 Å². The lowest BCUT2D eigenvalue weighted by Gasteiger charge is -2.40. The minimum atomic E-state index is -3.68. The summed E-state index contributed by atoms with van der Waals surface area (Å²) in [5.74, 6) is -0.173. The van der Waals surface area contributed by atoms with Gasteiger partial charge in [-0.1, -0.05) is 36.7 Å². The third-order valence-corrected chi connectivity index (χ3v) is 7.30. The summed E-state index contributed by atoms with van der Waals surface area (Å²) in [5.41, 5.74) is 4.09. The lowest BCUT2D eigenvalue weighted by atomic mass is 10.1. The van der Waals surface area contributed by atoms with Crippen LogP contribution in [0.3, 0.4) is 0 Å². The van der Waals surface area contributed by atoms with E-state index in [1.807, 2.05) is 6.92 Å². The van der Waals surface area contributed by atoms with Gasteiger partial charge in [0.05, 0.1) is 11.9 Å². The second-order valence-corrected chi connectivity index (χ2v) is 10.3. The van der Waals surface area contributed by atoms with E-state index in [9.17, 15) is 13.2 Å². The molecular formula is C23H30ClN3O3S. The molecule has 1 fully saturated rings. The Kier molecular flexibility index (Phi) is 7.17. The normalized spacial score (nSPS) is 15.6. The summed E-state index contributed by atoms with van der Waals surface area (Å²) in [6.45, 7) is 8.57. The Labute approximate surface area is 190 Å². The zero-order valence-corrected chi connectivity index (χ0v) is 20.1. The molecule has 0 radical (unpaired) electrons. The van der Waals surface area contributed by atoms with Gasteiger partial charge in [-0.05, 0) is 55.7 Å². The van der Waals surface area contributed by atoms with Crippen LogP contribution in [-0.4, -0.2) is 57.7 Å². The average molecular weight is 464 g/mol. The van der Waals surface area contributed by atoms with Crippen molar-refractivity contribution in [2.75, 3.05) is 41.6 Å². The molecule has 31 heavy (non-hydrogen) atoms. The molecule has 6 nitrogen and oxygen atoms in total. The van der Waals surface area contributed by atoms with Gasteiger partial charge in [-0.2, -0.15) is 0 Å². The van der Waals surface area contributed by atoms with Crippen molar-refractivity contribution in [3.05, 3.63) is 58.6 Å². The van der Waals surface area contributed by atoms with Crippen molar-refractivity contribution in [1.82, 2.24) is 4.90 Å². The number of rotatable bonds is 6. The minimum Gasteiger partial charge on any atom is -0.368 e. The summed E-state index contributed by atoms with van der Waals surface area (Å²) in [6.07, 6.45) is 1.50. The number of sulfonamides is 1. The first-order valence-corrected chi connectivity index (χ1v) is 12.7. The standard InChI is InChI=1S/C23H30ClN3O3S/c1-5-21(27(31(4,29)30)20-10-7-9-19(24)16-20)23(28)26-14-12-25(13-15-26)22-11-6-8-17(2)18(22)3/h6-11,16,21H,5,12-15H2,1-4H3/t21-/m0/s1. The number of piperazine rings is 1. The van der Waals surface area contributed by atoms with E-state index >= 15 is 0 Å². The van der Waals surface area contributed by atoms with Crippen molar-refractivity contribution in [2.24, 2.45) is 0 Å². The molecule has 1 aliphatic heterocycles. The van der Waals surface area contributed by atoms with Gasteiger partial charge in [-0.25, -0.2) is 8.42 Å². The van der Waals surface area contributed by atoms with Crippen molar-refractivity contribution in [2.45, 2.75) is 33.2 Å². The van der Waals surface area contributed by atoms with E-state index < -0.39 is 16.1 Å². The summed E-state index contributed by atoms with van der Waals surface area (Å²) in [6, 6.07) is 12.1. The Balaban J connectivity index is 1.79. The van der Waals surface area contributed by atoms with E-state index in [0.717, 1.165) is 6.26 Å². The van der Waals surface area contributed by atoms with Crippen LogP contribution in [0.25, 0.3) is 0 Å². The lowest BCUT2D eigenvalue weighted by molar-refractivity contribution is -0.132. The van der Waals surface area contributed by atoms with Crippen LogP contribution in [0.5, 0.6) is 0 Å². The lowest BCUT2D eigenvalue weighted by Crippen LogP contribution is -2.56. The zero-order valence-electron chi connectivity index (χ0n) is 18.5. The number of hydrogen-bond donors (Lipinski definition) is 0. The molecule has 1 amide bonds. The maximum absolute atomic E-state index is 13.4. The summed E-state index contributed by atoms with van der Waals surface area (Å²) in [4.78, 5) is 17.5. The third-order valence-electron chi connectivity index (χ3n) is 5.88. The zero-order chi connectivity index (χ0) is 22.8. The van der Waals surface area contributed by atoms with Crippen LogP contribution >= 0.6 is 11.6 Å². The highest BCUT2D eigenvalue weighted by molar-refractivity contribution is 7.92. The van der Waals surface area contributed by atoms with E-state index in [4.69, 9.17) is 11.6 Å². The molecule has 1 aliphatic rings. The number of aryl methyl sites for hydroxylation is 1. The van der Waals surface area contributed by atoms with Gasteiger partial charge in [0.2, 0.25) is 15.9 Å². The number of halogens is 1. The highest BCUT2D eigenvalue weighted by Gasteiger charge is 2.35. The number of anilines is 2. The summed E-state index contributed by atoms with van der Waals surface area (Å²) in [5, 5.41) is 0.426. The number of hydrogen-bond acceptors (Lipinski definition) is 4. The summed E-state index contributed by atoms with van der Waals surface area (Å²) < 4.78 is 26.5. The maximum Gasteiger partial charge on any atom is 0.246 e. The smallest absolute Gasteiger partial charge is 0.246 e.